The molecule has 0 unspecified atom stereocenters. The lowest BCUT2D eigenvalue weighted by atomic mass is 9.86. The van der Waals surface area contributed by atoms with E-state index in [9.17, 15) is 9.90 Å². The average Bonchev–Trinajstić information content (AvgIpc) is 2.33. The summed E-state index contributed by atoms with van der Waals surface area (Å²) >= 11 is 0. The van der Waals surface area contributed by atoms with Crippen LogP contribution in [0.5, 0.6) is 0 Å². The molecule has 1 fully saturated rings. The lowest BCUT2D eigenvalue weighted by molar-refractivity contribution is -0.0826. The molecule has 19 heavy (non-hydrogen) atoms. The van der Waals surface area contributed by atoms with Gasteiger partial charge in [0, 0.05) is 5.56 Å². The van der Waals surface area contributed by atoms with E-state index in [-0.39, 0.29) is 11.3 Å². The quantitative estimate of drug-likeness (QED) is 0.889. The van der Waals surface area contributed by atoms with Crippen molar-refractivity contribution < 1.29 is 9.90 Å². The molecule has 2 rings (SSSR count). The minimum Gasteiger partial charge on any atom is -0.386 e. The summed E-state index contributed by atoms with van der Waals surface area (Å²) in [6.45, 7) is 9.30. The molecule has 1 aromatic carbocycles. The summed E-state index contributed by atoms with van der Waals surface area (Å²) in [7, 11) is 0. The first-order valence-corrected chi connectivity index (χ1v) is 6.87. The molecule has 1 amide bonds. The first-order chi connectivity index (χ1) is 8.75. The number of hydrogen-bond acceptors (Lipinski definition) is 2. The molecular formula is C16H23NO2. The van der Waals surface area contributed by atoms with Gasteiger partial charge in [0.2, 0.25) is 0 Å². The van der Waals surface area contributed by atoms with Crippen molar-refractivity contribution >= 4 is 5.91 Å². The predicted octanol–water partition coefficient (Wildman–Crippen LogP) is 2.58. The summed E-state index contributed by atoms with van der Waals surface area (Å²) in [5, 5.41) is 9.94. The number of aliphatic hydroxyl groups is 1. The zero-order chi connectivity index (χ0) is 14.3. The molecule has 3 heteroatoms. The topological polar surface area (TPSA) is 40.5 Å². The normalized spacial score (nSPS) is 18.1. The average molecular weight is 261 g/mol. The van der Waals surface area contributed by atoms with E-state index in [1.807, 2.05) is 31.2 Å². The van der Waals surface area contributed by atoms with Crippen molar-refractivity contribution in [2.75, 3.05) is 13.1 Å². The molecule has 0 aliphatic carbocycles. The number of carbonyl (C=O) groups excluding carboxylic acids is 1. The number of benzene rings is 1. The van der Waals surface area contributed by atoms with E-state index in [0.717, 1.165) is 0 Å². The van der Waals surface area contributed by atoms with Gasteiger partial charge in [-0.25, -0.2) is 0 Å². The van der Waals surface area contributed by atoms with Crippen molar-refractivity contribution in [2.24, 2.45) is 0 Å². The summed E-state index contributed by atoms with van der Waals surface area (Å²) in [6.07, 6.45) is 0.694. The molecular weight excluding hydrogens is 238 g/mol. The number of amides is 1. The summed E-state index contributed by atoms with van der Waals surface area (Å²) in [4.78, 5) is 13.9. The highest BCUT2D eigenvalue weighted by molar-refractivity contribution is 5.95. The molecule has 104 valence electrons. The van der Waals surface area contributed by atoms with E-state index in [0.29, 0.717) is 25.1 Å². The van der Waals surface area contributed by atoms with E-state index in [1.54, 1.807) is 4.90 Å². The molecule has 1 aliphatic heterocycles. The van der Waals surface area contributed by atoms with Crippen molar-refractivity contribution in [1.29, 1.82) is 0 Å². The summed E-state index contributed by atoms with van der Waals surface area (Å²) in [6, 6.07) is 7.79. The number of rotatable bonds is 2. The van der Waals surface area contributed by atoms with E-state index >= 15 is 0 Å². The fraction of sp³-hybridized carbons (Fsp3) is 0.562. The molecule has 3 nitrogen and oxygen atoms in total. The van der Waals surface area contributed by atoms with E-state index in [2.05, 4.69) is 20.8 Å². The Balaban J connectivity index is 2.06. The van der Waals surface area contributed by atoms with Gasteiger partial charge in [0.05, 0.1) is 18.7 Å². The minimum absolute atomic E-state index is 0.0126. The molecule has 1 aromatic rings. The second-order valence-corrected chi connectivity index (χ2v) is 6.57. The van der Waals surface area contributed by atoms with Gasteiger partial charge in [-0.1, -0.05) is 39.8 Å². The summed E-state index contributed by atoms with van der Waals surface area (Å²) in [5.74, 6) is 0.0126. The van der Waals surface area contributed by atoms with Crippen LogP contribution in [-0.2, 0) is 5.41 Å². The molecule has 0 aromatic heterocycles. The maximum Gasteiger partial charge on any atom is 0.254 e. The molecule has 1 saturated heterocycles. The second-order valence-electron chi connectivity index (χ2n) is 6.57. The van der Waals surface area contributed by atoms with Crippen LogP contribution in [0.25, 0.3) is 0 Å². The molecule has 1 aliphatic rings. The van der Waals surface area contributed by atoms with Gasteiger partial charge in [-0.2, -0.15) is 0 Å². The smallest absolute Gasteiger partial charge is 0.254 e. The zero-order valence-electron chi connectivity index (χ0n) is 12.2. The third kappa shape index (κ3) is 2.81. The number of likely N-dealkylation sites (tertiary alicyclic amines) is 1. The van der Waals surface area contributed by atoms with Crippen LogP contribution < -0.4 is 0 Å². The van der Waals surface area contributed by atoms with Gasteiger partial charge in [0.1, 0.15) is 0 Å². The molecule has 0 saturated carbocycles. The van der Waals surface area contributed by atoms with Crippen molar-refractivity contribution in [1.82, 2.24) is 4.90 Å². The Morgan fingerprint density at radius 2 is 1.79 bits per heavy atom. The van der Waals surface area contributed by atoms with Crippen LogP contribution >= 0.6 is 0 Å². The Bertz CT molecular complexity index is 465. The molecule has 0 bridgehead atoms. The number of nitrogens with zero attached hydrogens (tertiary/aromatic N) is 1. The monoisotopic (exact) mass is 261 g/mol. The van der Waals surface area contributed by atoms with E-state index in [1.165, 1.54) is 5.56 Å². The van der Waals surface area contributed by atoms with Crippen LogP contribution in [0.1, 0.15) is 50.0 Å². The third-order valence-electron chi connectivity index (χ3n) is 3.91. The van der Waals surface area contributed by atoms with Crippen molar-refractivity contribution in [3.8, 4) is 0 Å². The Hall–Kier alpha value is -1.35. The number of β-amino-alcohol motifs (C(OH)–C–C–N with tert-alkyl or cyclic N) is 1. The van der Waals surface area contributed by atoms with Crippen molar-refractivity contribution in [2.45, 2.75) is 45.1 Å². The second kappa shape index (κ2) is 4.64. The highest BCUT2D eigenvalue weighted by Gasteiger charge is 2.42. The van der Waals surface area contributed by atoms with Crippen LogP contribution in [0.15, 0.2) is 24.3 Å². The molecule has 0 atom stereocenters. The van der Waals surface area contributed by atoms with Gasteiger partial charge < -0.3 is 10.0 Å². The number of carbonyl (C=O) groups is 1. The predicted molar refractivity (Wildman–Crippen MR) is 76.3 cm³/mol. The maximum absolute atomic E-state index is 12.2. The SMILES string of the molecule is CCC1(O)CN(C(=O)c2ccc(C(C)(C)C)cc2)C1. The number of hydrogen-bond donors (Lipinski definition) is 1. The van der Waals surface area contributed by atoms with Gasteiger partial charge in [0.15, 0.2) is 0 Å². The third-order valence-corrected chi connectivity index (χ3v) is 3.91. The standard InChI is InChI=1S/C16H23NO2/c1-5-16(19)10-17(11-16)14(18)12-6-8-13(9-7-12)15(2,3)4/h6-9,19H,5,10-11H2,1-4H3. The van der Waals surface area contributed by atoms with Crippen LogP contribution in [0.4, 0.5) is 0 Å². The molecule has 1 N–H and O–H groups in total. The highest BCUT2D eigenvalue weighted by Crippen LogP contribution is 2.27. The largest absolute Gasteiger partial charge is 0.386 e. The van der Waals surface area contributed by atoms with Crippen molar-refractivity contribution in [3.05, 3.63) is 35.4 Å². The van der Waals surface area contributed by atoms with E-state index in [4.69, 9.17) is 0 Å². The molecule has 1 heterocycles. The fourth-order valence-electron chi connectivity index (χ4n) is 2.33. The van der Waals surface area contributed by atoms with Crippen LogP contribution in [-0.4, -0.2) is 34.6 Å². The Labute approximate surface area is 115 Å². The molecule has 0 spiro atoms. The van der Waals surface area contributed by atoms with Crippen LogP contribution in [0.2, 0.25) is 0 Å². The highest BCUT2D eigenvalue weighted by atomic mass is 16.3. The molecule has 0 radical (unpaired) electrons. The Morgan fingerprint density at radius 3 is 2.21 bits per heavy atom. The minimum atomic E-state index is -0.666. The lowest BCUT2D eigenvalue weighted by Crippen LogP contribution is -2.63. The van der Waals surface area contributed by atoms with E-state index < -0.39 is 5.60 Å². The van der Waals surface area contributed by atoms with Crippen LogP contribution in [0.3, 0.4) is 0 Å². The fourth-order valence-corrected chi connectivity index (χ4v) is 2.33. The lowest BCUT2D eigenvalue weighted by Gasteiger charge is -2.46. The first-order valence-electron chi connectivity index (χ1n) is 6.87. The summed E-state index contributed by atoms with van der Waals surface area (Å²) < 4.78 is 0. The maximum atomic E-state index is 12.2. The zero-order valence-corrected chi connectivity index (χ0v) is 12.2. The van der Waals surface area contributed by atoms with Gasteiger partial charge in [-0.3, -0.25) is 4.79 Å². The van der Waals surface area contributed by atoms with Gasteiger partial charge >= 0.3 is 0 Å². The van der Waals surface area contributed by atoms with Gasteiger partial charge in [-0.15, -0.1) is 0 Å². The van der Waals surface area contributed by atoms with Gasteiger partial charge in [-0.05, 0) is 29.5 Å². The van der Waals surface area contributed by atoms with Crippen LogP contribution in [0, 0.1) is 0 Å². The first kappa shape index (κ1) is 14.1. The summed E-state index contributed by atoms with van der Waals surface area (Å²) in [5.41, 5.74) is 1.35. The van der Waals surface area contributed by atoms with Crippen molar-refractivity contribution in [3.63, 3.8) is 0 Å². The van der Waals surface area contributed by atoms with Gasteiger partial charge in [0.25, 0.3) is 5.91 Å². The Morgan fingerprint density at radius 1 is 1.26 bits per heavy atom. The Kier molecular flexibility index (Phi) is 3.43.